The quantitative estimate of drug-likeness (QED) is 0.207. The van der Waals surface area contributed by atoms with Gasteiger partial charge in [0, 0.05) is 11.8 Å². The molecule has 7 N–H and O–H groups in total. The molecule has 3 aromatic rings. The van der Waals surface area contributed by atoms with E-state index in [0.717, 1.165) is 58.3 Å². The second-order valence-corrected chi connectivity index (χ2v) is 12.9. The van der Waals surface area contributed by atoms with Crippen LogP contribution in [-0.2, 0) is 22.2 Å². The SMILES string of the molecule is C[N+]1(CCCC(N)C(=O)N[C@@H](Cc2ccc(C(F)(F)F)cc2)C(=O)Nc2cnc3ccccc3c2)CC(CN)[N+]2(C)NCC2C1. The maximum absolute atomic E-state index is 13.5. The molecule has 5 unspecified atom stereocenters. The minimum Gasteiger partial charge on any atom is -0.343 e. The van der Waals surface area contributed by atoms with Crippen molar-refractivity contribution in [2.45, 2.75) is 49.6 Å². The van der Waals surface area contributed by atoms with Gasteiger partial charge >= 0.3 is 6.18 Å². The van der Waals surface area contributed by atoms with Crippen LogP contribution in [0.1, 0.15) is 24.0 Å². The van der Waals surface area contributed by atoms with Crippen LogP contribution in [0.2, 0.25) is 0 Å². The predicted octanol–water partition coefficient (Wildman–Crippen LogP) is 2.15. The average Bonchev–Trinajstić information content (AvgIpc) is 3.00. The molecule has 6 atom stereocenters. The monoisotopic (exact) mass is 628 g/mol. The Morgan fingerprint density at radius 2 is 1.82 bits per heavy atom. The number of fused-ring (bicyclic) bond motifs is 2. The van der Waals surface area contributed by atoms with Crippen molar-refractivity contribution >= 4 is 28.4 Å². The summed E-state index contributed by atoms with van der Waals surface area (Å²) in [7, 11) is 4.42. The predicted molar refractivity (Wildman–Crippen MR) is 166 cm³/mol. The van der Waals surface area contributed by atoms with E-state index in [1.807, 2.05) is 24.3 Å². The molecule has 0 spiro atoms. The van der Waals surface area contributed by atoms with E-state index in [4.69, 9.17) is 11.5 Å². The lowest BCUT2D eigenvalue weighted by Crippen LogP contribution is -2.87. The Morgan fingerprint density at radius 3 is 2.49 bits per heavy atom. The Morgan fingerprint density at radius 1 is 1.09 bits per heavy atom. The van der Waals surface area contributed by atoms with Crippen LogP contribution in [0.15, 0.2) is 60.8 Å². The lowest BCUT2D eigenvalue weighted by molar-refractivity contribution is -1.10. The number of rotatable bonds is 11. The molecule has 2 aliphatic rings. The summed E-state index contributed by atoms with van der Waals surface area (Å²) in [5.74, 6) is -1.02. The maximum Gasteiger partial charge on any atom is 0.416 e. The van der Waals surface area contributed by atoms with Crippen molar-refractivity contribution in [3.8, 4) is 0 Å². The Balaban J connectivity index is 1.23. The molecule has 0 saturated carbocycles. The first-order valence-electron chi connectivity index (χ1n) is 15.3. The summed E-state index contributed by atoms with van der Waals surface area (Å²) in [6.45, 7) is 4.34. The molecule has 3 heterocycles. The fraction of sp³-hybridized carbons (Fsp3) is 0.469. The molecule has 2 amide bonds. The largest absolute Gasteiger partial charge is 0.416 e. The highest BCUT2D eigenvalue weighted by Gasteiger charge is 2.57. The van der Waals surface area contributed by atoms with Gasteiger partial charge in [-0.3, -0.25) is 14.6 Å². The third-order valence-electron chi connectivity index (χ3n) is 9.52. The number of nitrogens with zero attached hydrogens (tertiary/aromatic N) is 3. The first-order valence-corrected chi connectivity index (χ1v) is 15.3. The van der Waals surface area contributed by atoms with Gasteiger partial charge in [-0.2, -0.15) is 18.6 Å². The Labute approximate surface area is 261 Å². The second-order valence-electron chi connectivity index (χ2n) is 12.9. The van der Waals surface area contributed by atoms with Gasteiger partial charge in [0.25, 0.3) is 0 Å². The van der Waals surface area contributed by atoms with Gasteiger partial charge in [0.1, 0.15) is 25.7 Å². The van der Waals surface area contributed by atoms with Crippen LogP contribution in [0.25, 0.3) is 10.9 Å². The third-order valence-corrected chi connectivity index (χ3v) is 9.52. The standard InChI is InChI=1S/C32H41F3N8O2/c1-42(19-25(16-36)43(2)26(20-42)18-39-43)13-5-7-27(37)30(44)41-29(14-21-9-11-23(12-10-21)32(33,34)35)31(45)40-24-15-22-6-3-4-8-28(22)38-17-24/h3-4,6,8-12,15,17,25-27,29,39H,5,7,13-14,16,18-20,36-37H2,1-2H3/p+2/t25?,26?,27?,29-,42?,43?/m0/s1. The number of carbonyl (C=O) groups excluding carboxylic acids is 2. The zero-order valence-electron chi connectivity index (χ0n) is 25.7. The van der Waals surface area contributed by atoms with Crippen LogP contribution in [0.5, 0.6) is 0 Å². The Kier molecular flexibility index (Phi) is 9.47. The van der Waals surface area contributed by atoms with Crippen molar-refractivity contribution in [3.05, 3.63) is 71.9 Å². The number of benzene rings is 2. The molecule has 0 bridgehead atoms. The number of piperazine rings is 1. The van der Waals surface area contributed by atoms with E-state index in [2.05, 4.69) is 35.1 Å². The van der Waals surface area contributed by atoms with Gasteiger partial charge in [0.2, 0.25) is 11.8 Å². The van der Waals surface area contributed by atoms with Gasteiger partial charge in [-0.05, 0) is 42.7 Å². The number of anilines is 1. The number of aromatic nitrogens is 1. The van der Waals surface area contributed by atoms with Crippen LogP contribution in [-0.4, -0.2) is 96.9 Å². The highest BCUT2D eigenvalue weighted by atomic mass is 19.4. The van der Waals surface area contributed by atoms with Crippen molar-refractivity contribution in [2.24, 2.45) is 11.5 Å². The lowest BCUT2D eigenvalue weighted by Gasteiger charge is -2.59. The van der Waals surface area contributed by atoms with Gasteiger partial charge in [0.15, 0.2) is 12.1 Å². The number of alkyl halides is 3. The number of carbonyl (C=O) groups is 2. The number of nitrogens with one attached hydrogen (secondary N) is 3. The van der Waals surface area contributed by atoms with Gasteiger partial charge in [-0.15, -0.1) is 0 Å². The Hall–Kier alpha value is -3.62. The molecule has 45 heavy (non-hydrogen) atoms. The number of para-hydroxylation sites is 1. The fourth-order valence-corrected chi connectivity index (χ4v) is 6.65. The molecule has 5 rings (SSSR count). The number of halogens is 3. The van der Waals surface area contributed by atoms with Gasteiger partial charge in [-0.25, -0.2) is 4.59 Å². The number of amides is 2. The van der Waals surface area contributed by atoms with Crippen LogP contribution < -0.4 is 27.5 Å². The number of nitrogens with two attached hydrogens (primary N) is 2. The average molecular weight is 629 g/mol. The van der Waals surface area contributed by atoms with Crippen molar-refractivity contribution in [3.63, 3.8) is 0 Å². The van der Waals surface area contributed by atoms with Crippen molar-refractivity contribution < 1.29 is 31.8 Å². The second kappa shape index (κ2) is 13.0. The van der Waals surface area contributed by atoms with E-state index in [1.54, 1.807) is 6.07 Å². The molecule has 10 nitrogen and oxygen atoms in total. The molecular weight excluding hydrogens is 585 g/mol. The topological polar surface area (TPSA) is 135 Å². The van der Waals surface area contributed by atoms with Crippen LogP contribution in [0, 0.1) is 0 Å². The zero-order chi connectivity index (χ0) is 32.4. The molecule has 1 aromatic heterocycles. The molecule has 13 heteroatoms. The van der Waals surface area contributed by atoms with Crippen LogP contribution >= 0.6 is 0 Å². The highest BCUT2D eigenvalue weighted by molar-refractivity contribution is 5.99. The van der Waals surface area contributed by atoms with Crippen molar-refractivity contribution in [2.75, 3.05) is 52.1 Å². The lowest BCUT2D eigenvalue weighted by atomic mass is 9.98. The first-order chi connectivity index (χ1) is 21.3. The minimum absolute atomic E-state index is 0.0225. The van der Waals surface area contributed by atoms with Gasteiger partial charge in [0.05, 0.1) is 56.2 Å². The summed E-state index contributed by atoms with van der Waals surface area (Å²) >= 11 is 0. The molecule has 2 fully saturated rings. The molecular formula is C32H43F3N8O2+2. The summed E-state index contributed by atoms with van der Waals surface area (Å²) in [5.41, 5.74) is 16.8. The number of likely N-dealkylation sites (N-methyl/N-ethyl adjacent to an activating group) is 2. The minimum atomic E-state index is -4.48. The zero-order valence-corrected chi connectivity index (χ0v) is 25.7. The summed E-state index contributed by atoms with van der Waals surface area (Å²) in [6, 6.07) is 12.6. The van der Waals surface area contributed by atoms with E-state index in [-0.39, 0.29) is 6.42 Å². The van der Waals surface area contributed by atoms with E-state index in [0.29, 0.717) is 42.7 Å². The van der Waals surface area contributed by atoms with Gasteiger partial charge in [-0.1, -0.05) is 30.3 Å². The third kappa shape index (κ3) is 7.45. The van der Waals surface area contributed by atoms with Crippen molar-refractivity contribution in [1.82, 2.24) is 15.7 Å². The summed E-state index contributed by atoms with van der Waals surface area (Å²) in [6.07, 6.45) is -1.85. The Bertz CT molecular complexity index is 1520. The summed E-state index contributed by atoms with van der Waals surface area (Å²) < 4.78 is 41.0. The molecule has 2 aliphatic heterocycles. The van der Waals surface area contributed by atoms with E-state index >= 15 is 0 Å². The normalized spacial score (nSPS) is 25.9. The fourth-order valence-electron chi connectivity index (χ4n) is 6.65. The van der Waals surface area contributed by atoms with E-state index in [9.17, 15) is 22.8 Å². The number of hydrogen-bond acceptors (Lipinski definition) is 6. The maximum atomic E-state index is 13.5. The smallest absolute Gasteiger partial charge is 0.343 e. The van der Waals surface area contributed by atoms with Crippen molar-refractivity contribution in [1.29, 1.82) is 0 Å². The van der Waals surface area contributed by atoms with E-state index in [1.165, 1.54) is 18.3 Å². The highest BCUT2D eigenvalue weighted by Crippen LogP contribution is 2.31. The van der Waals surface area contributed by atoms with E-state index < -0.39 is 35.6 Å². The number of pyridine rings is 1. The molecule has 2 aromatic carbocycles. The van der Waals surface area contributed by atoms with Crippen LogP contribution in [0.4, 0.5) is 18.9 Å². The molecule has 2 saturated heterocycles. The molecule has 0 radical (unpaired) electrons. The number of quaternary nitrogens is 2. The first kappa shape index (κ1) is 32.8. The molecule has 242 valence electrons. The summed E-state index contributed by atoms with van der Waals surface area (Å²) in [5, 5.41) is 6.37. The summed E-state index contributed by atoms with van der Waals surface area (Å²) in [4.78, 5) is 31.1. The number of hydrogen-bond donors (Lipinski definition) is 5. The van der Waals surface area contributed by atoms with Gasteiger partial charge < -0.3 is 26.6 Å². The molecule has 0 aliphatic carbocycles. The van der Waals surface area contributed by atoms with Crippen LogP contribution in [0.3, 0.4) is 0 Å².